The third-order valence-electron chi connectivity index (χ3n) is 3.39. The zero-order valence-electron chi connectivity index (χ0n) is 11.1. The van der Waals surface area contributed by atoms with Crippen LogP contribution in [-0.2, 0) is 10.5 Å². The fourth-order valence-electron chi connectivity index (χ4n) is 2.08. The van der Waals surface area contributed by atoms with E-state index in [9.17, 15) is 4.79 Å². The van der Waals surface area contributed by atoms with Crippen molar-refractivity contribution in [1.29, 1.82) is 0 Å². The maximum Gasteiger partial charge on any atom is 0.241 e. The smallest absolute Gasteiger partial charge is 0.241 e. The van der Waals surface area contributed by atoms with Crippen LogP contribution in [0.15, 0.2) is 30.3 Å². The highest BCUT2D eigenvalue weighted by Gasteiger charge is 2.41. The van der Waals surface area contributed by atoms with Gasteiger partial charge in [-0.1, -0.05) is 30.3 Å². The summed E-state index contributed by atoms with van der Waals surface area (Å²) in [6, 6.07) is 10.3. The van der Waals surface area contributed by atoms with Gasteiger partial charge in [0.1, 0.15) is 0 Å². The molecule has 1 amide bonds. The van der Waals surface area contributed by atoms with E-state index in [0.717, 1.165) is 11.5 Å². The quantitative estimate of drug-likeness (QED) is 0.904. The standard InChI is InChI=1S/C14H20N2OS/c1-14(2)15-12(13(17)16(14)3)10-18-9-11-7-5-4-6-8-11/h4-8,12,15H,9-10H2,1-3H3/t12-/m0/s1. The van der Waals surface area contributed by atoms with Crippen LogP contribution in [0.5, 0.6) is 0 Å². The summed E-state index contributed by atoms with van der Waals surface area (Å²) in [7, 11) is 1.86. The van der Waals surface area contributed by atoms with Crippen LogP contribution >= 0.6 is 11.8 Å². The van der Waals surface area contributed by atoms with Crippen LogP contribution in [0.2, 0.25) is 0 Å². The fraction of sp³-hybridized carbons (Fsp3) is 0.500. The molecule has 1 heterocycles. The van der Waals surface area contributed by atoms with E-state index < -0.39 is 0 Å². The maximum atomic E-state index is 12.0. The molecule has 98 valence electrons. The second-order valence-electron chi connectivity index (χ2n) is 5.15. The molecule has 1 aliphatic heterocycles. The van der Waals surface area contributed by atoms with Gasteiger partial charge in [0.2, 0.25) is 5.91 Å². The number of benzene rings is 1. The van der Waals surface area contributed by atoms with Gasteiger partial charge in [-0.25, -0.2) is 0 Å². The first-order chi connectivity index (χ1) is 8.50. The van der Waals surface area contributed by atoms with E-state index in [2.05, 4.69) is 17.4 Å². The fourth-order valence-corrected chi connectivity index (χ4v) is 3.08. The van der Waals surface area contributed by atoms with E-state index in [1.54, 1.807) is 16.7 Å². The Morgan fingerprint density at radius 2 is 2.00 bits per heavy atom. The Balaban J connectivity index is 1.83. The lowest BCUT2D eigenvalue weighted by atomic mass is 10.2. The average Bonchev–Trinajstić information content (AvgIpc) is 2.54. The number of carbonyl (C=O) groups is 1. The van der Waals surface area contributed by atoms with Gasteiger partial charge in [-0.15, -0.1) is 0 Å². The Labute approximate surface area is 113 Å². The zero-order valence-corrected chi connectivity index (χ0v) is 12.0. The summed E-state index contributed by atoms with van der Waals surface area (Å²) in [5, 5.41) is 3.37. The molecule has 0 aliphatic carbocycles. The molecule has 1 saturated heterocycles. The van der Waals surface area contributed by atoms with Crippen LogP contribution in [0.3, 0.4) is 0 Å². The number of nitrogens with one attached hydrogen (secondary N) is 1. The van der Waals surface area contributed by atoms with Crippen LogP contribution < -0.4 is 5.32 Å². The highest BCUT2D eigenvalue weighted by Crippen LogP contribution is 2.22. The van der Waals surface area contributed by atoms with Crippen LogP contribution in [-0.4, -0.2) is 35.3 Å². The zero-order chi connectivity index (χ0) is 13.2. The molecule has 1 aromatic rings. The van der Waals surface area contributed by atoms with Crippen LogP contribution in [0, 0.1) is 0 Å². The highest BCUT2D eigenvalue weighted by molar-refractivity contribution is 7.98. The highest BCUT2D eigenvalue weighted by atomic mass is 32.2. The van der Waals surface area contributed by atoms with Crippen LogP contribution in [0.4, 0.5) is 0 Å². The summed E-state index contributed by atoms with van der Waals surface area (Å²) < 4.78 is 0. The Hall–Kier alpha value is -1.00. The van der Waals surface area contributed by atoms with Gasteiger partial charge >= 0.3 is 0 Å². The lowest BCUT2D eigenvalue weighted by Crippen LogP contribution is -2.45. The van der Waals surface area contributed by atoms with Crippen molar-refractivity contribution in [3.8, 4) is 0 Å². The first-order valence-corrected chi connectivity index (χ1v) is 7.33. The van der Waals surface area contributed by atoms with Crippen molar-refractivity contribution in [3.05, 3.63) is 35.9 Å². The number of thioether (sulfide) groups is 1. The molecule has 4 heteroatoms. The molecule has 0 saturated carbocycles. The van der Waals surface area contributed by atoms with Gasteiger partial charge < -0.3 is 4.90 Å². The van der Waals surface area contributed by atoms with Crippen LogP contribution in [0.25, 0.3) is 0 Å². The minimum atomic E-state index is -0.227. The van der Waals surface area contributed by atoms with Crippen molar-refractivity contribution in [2.75, 3.05) is 12.8 Å². The molecular formula is C14H20N2OS. The van der Waals surface area contributed by atoms with Crippen molar-refractivity contribution in [1.82, 2.24) is 10.2 Å². The van der Waals surface area contributed by atoms with E-state index in [1.807, 2.05) is 39.1 Å². The Bertz CT molecular complexity index is 419. The van der Waals surface area contributed by atoms with Crippen molar-refractivity contribution < 1.29 is 4.79 Å². The predicted octanol–water partition coefficient (Wildman–Crippen LogP) is 2.09. The van der Waals surface area contributed by atoms with Crippen molar-refractivity contribution >= 4 is 17.7 Å². The van der Waals surface area contributed by atoms with Gasteiger partial charge in [0.05, 0.1) is 11.7 Å². The molecule has 2 rings (SSSR count). The number of rotatable bonds is 4. The first kappa shape index (κ1) is 13.4. The molecule has 0 bridgehead atoms. The van der Waals surface area contributed by atoms with Crippen molar-refractivity contribution in [3.63, 3.8) is 0 Å². The molecule has 0 spiro atoms. The minimum absolute atomic E-state index is 0.0567. The molecule has 0 radical (unpaired) electrons. The number of likely N-dealkylation sites (N-methyl/N-ethyl adjacent to an activating group) is 1. The lowest BCUT2D eigenvalue weighted by molar-refractivity contribution is -0.129. The van der Waals surface area contributed by atoms with E-state index >= 15 is 0 Å². The molecule has 1 N–H and O–H groups in total. The van der Waals surface area contributed by atoms with Gasteiger partial charge in [0.25, 0.3) is 0 Å². The Morgan fingerprint density at radius 1 is 1.33 bits per heavy atom. The molecule has 1 atom stereocenters. The average molecular weight is 264 g/mol. The second-order valence-corrected chi connectivity index (χ2v) is 6.18. The van der Waals surface area contributed by atoms with E-state index in [-0.39, 0.29) is 17.6 Å². The number of hydrogen-bond donors (Lipinski definition) is 1. The Kier molecular flexibility index (Phi) is 3.97. The molecule has 1 aliphatic rings. The lowest BCUT2D eigenvalue weighted by Gasteiger charge is -2.27. The van der Waals surface area contributed by atoms with Crippen molar-refractivity contribution in [2.45, 2.75) is 31.3 Å². The summed E-state index contributed by atoms with van der Waals surface area (Å²) >= 11 is 1.80. The number of hydrogen-bond acceptors (Lipinski definition) is 3. The molecule has 1 fully saturated rings. The van der Waals surface area contributed by atoms with Gasteiger partial charge in [-0.3, -0.25) is 10.1 Å². The van der Waals surface area contributed by atoms with Crippen LogP contribution in [0.1, 0.15) is 19.4 Å². The van der Waals surface area contributed by atoms with E-state index in [0.29, 0.717) is 0 Å². The number of nitrogens with zero attached hydrogens (tertiary/aromatic N) is 1. The minimum Gasteiger partial charge on any atom is -0.327 e. The molecule has 0 aromatic heterocycles. The van der Waals surface area contributed by atoms with E-state index in [4.69, 9.17) is 0 Å². The summed E-state index contributed by atoms with van der Waals surface area (Å²) in [6.07, 6.45) is 0. The van der Waals surface area contributed by atoms with Gasteiger partial charge in [0.15, 0.2) is 0 Å². The second kappa shape index (κ2) is 5.33. The topological polar surface area (TPSA) is 32.3 Å². The molecule has 0 unspecified atom stereocenters. The Morgan fingerprint density at radius 3 is 2.56 bits per heavy atom. The number of carbonyl (C=O) groups excluding carboxylic acids is 1. The monoisotopic (exact) mass is 264 g/mol. The summed E-state index contributed by atoms with van der Waals surface area (Å²) in [5.41, 5.74) is 1.08. The summed E-state index contributed by atoms with van der Waals surface area (Å²) in [5.74, 6) is 1.97. The van der Waals surface area contributed by atoms with Gasteiger partial charge in [-0.2, -0.15) is 11.8 Å². The van der Waals surface area contributed by atoms with E-state index in [1.165, 1.54) is 5.56 Å². The van der Waals surface area contributed by atoms with Crippen molar-refractivity contribution in [2.24, 2.45) is 0 Å². The van der Waals surface area contributed by atoms with Gasteiger partial charge in [0, 0.05) is 18.6 Å². The molecule has 1 aromatic carbocycles. The predicted molar refractivity (Wildman–Crippen MR) is 76.4 cm³/mol. The molecule has 3 nitrogen and oxygen atoms in total. The number of amides is 1. The summed E-state index contributed by atoms with van der Waals surface area (Å²) in [4.78, 5) is 13.8. The first-order valence-electron chi connectivity index (χ1n) is 6.18. The SMILES string of the molecule is CN1C(=O)[C@H](CSCc2ccccc2)NC1(C)C. The normalized spacial score (nSPS) is 22.5. The largest absolute Gasteiger partial charge is 0.327 e. The maximum absolute atomic E-state index is 12.0. The van der Waals surface area contributed by atoms with Gasteiger partial charge in [-0.05, 0) is 19.4 Å². The third-order valence-corrected chi connectivity index (χ3v) is 4.50. The molecular weight excluding hydrogens is 244 g/mol. The molecule has 18 heavy (non-hydrogen) atoms. The third kappa shape index (κ3) is 2.87. The summed E-state index contributed by atoms with van der Waals surface area (Å²) in [6.45, 7) is 4.07.